The van der Waals surface area contributed by atoms with Gasteiger partial charge < -0.3 is 15.4 Å². The summed E-state index contributed by atoms with van der Waals surface area (Å²) in [5.74, 6) is -4.33. The fourth-order valence-corrected chi connectivity index (χ4v) is 2.82. The first-order chi connectivity index (χ1) is 15.3. The second-order valence-corrected chi connectivity index (χ2v) is 6.73. The van der Waals surface area contributed by atoms with Gasteiger partial charge in [0.2, 0.25) is 5.95 Å². The normalized spacial score (nSPS) is 11.7. The second-order valence-electron chi connectivity index (χ2n) is 6.73. The average molecular weight is 449 g/mol. The summed E-state index contributed by atoms with van der Waals surface area (Å²) in [6, 6.07) is 6.03. The van der Waals surface area contributed by atoms with E-state index in [0.717, 1.165) is 17.0 Å². The van der Waals surface area contributed by atoms with Gasteiger partial charge in [-0.05, 0) is 31.2 Å². The van der Waals surface area contributed by atoms with Crippen LogP contribution in [0.1, 0.15) is 6.92 Å². The largest absolute Gasteiger partial charge is 0.383 e. The van der Waals surface area contributed by atoms with Gasteiger partial charge in [0.05, 0.1) is 18.0 Å². The van der Waals surface area contributed by atoms with Gasteiger partial charge in [-0.2, -0.15) is 4.98 Å². The highest BCUT2D eigenvalue weighted by Crippen LogP contribution is 2.27. The second kappa shape index (κ2) is 10.1. The molecule has 0 aliphatic carbocycles. The monoisotopic (exact) mass is 449 g/mol. The van der Waals surface area contributed by atoms with Crippen LogP contribution < -0.4 is 15.5 Å². The van der Waals surface area contributed by atoms with E-state index in [0.29, 0.717) is 18.7 Å². The molecule has 3 aromatic rings. The Morgan fingerprint density at radius 1 is 1.09 bits per heavy atom. The molecule has 0 fully saturated rings. The predicted octanol–water partition coefficient (Wildman–Crippen LogP) is 4.85. The third-order valence-corrected chi connectivity index (χ3v) is 4.18. The van der Waals surface area contributed by atoms with E-state index in [1.807, 2.05) is 6.92 Å². The maximum Gasteiger partial charge on any atom is 0.332 e. The molecule has 0 aliphatic rings. The Labute approximate surface area is 181 Å². The molecule has 168 valence electrons. The molecular weight excluding hydrogens is 430 g/mol. The van der Waals surface area contributed by atoms with Gasteiger partial charge in [-0.25, -0.2) is 32.2 Å². The van der Waals surface area contributed by atoms with Gasteiger partial charge in [-0.3, -0.25) is 0 Å². The number of hydrogen-bond donors (Lipinski definition) is 2. The molecule has 0 radical (unpaired) electrons. The van der Waals surface area contributed by atoms with Gasteiger partial charge in [0.25, 0.3) is 0 Å². The van der Waals surface area contributed by atoms with Crippen LogP contribution in [-0.4, -0.2) is 35.8 Å². The maximum atomic E-state index is 14.1. The molecule has 1 atom stereocenters. The highest BCUT2D eigenvalue weighted by atomic mass is 19.2. The number of methoxy groups -OCH3 is 1. The van der Waals surface area contributed by atoms with Crippen molar-refractivity contribution in [2.75, 3.05) is 29.3 Å². The summed E-state index contributed by atoms with van der Waals surface area (Å²) >= 11 is 0. The first-order valence-electron chi connectivity index (χ1n) is 9.38. The molecule has 0 saturated heterocycles. The SMILES string of the molecule is COC[C@H](C)Nc1nccc(N(C(=O)Nc2cc(F)cc(F)c2F)c2ccc(F)cc2)n1. The van der Waals surface area contributed by atoms with Crippen LogP contribution in [0.3, 0.4) is 0 Å². The first kappa shape index (κ1) is 22.9. The minimum atomic E-state index is -1.46. The molecule has 2 aromatic carbocycles. The molecule has 1 aromatic heterocycles. The van der Waals surface area contributed by atoms with Crippen LogP contribution in [0.15, 0.2) is 48.7 Å². The third-order valence-electron chi connectivity index (χ3n) is 4.18. The molecule has 0 spiro atoms. The number of carbonyl (C=O) groups excluding carboxylic acids is 1. The van der Waals surface area contributed by atoms with Gasteiger partial charge in [-0.1, -0.05) is 0 Å². The lowest BCUT2D eigenvalue weighted by Gasteiger charge is -2.23. The van der Waals surface area contributed by atoms with Crippen LogP contribution >= 0.6 is 0 Å². The Kier molecular flexibility index (Phi) is 7.21. The molecular formula is C21H19F4N5O2. The molecule has 7 nitrogen and oxygen atoms in total. The average Bonchev–Trinajstić information content (AvgIpc) is 2.74. The summed E-state index contributed by atoms with van der Waals surface area (Å²) in [4.78, 5) is 22.3. The Balaban J connectivity index is 1.98. The summed E-state index contributed by atoms with van der Waals surface area (Å²) in [6.45, 7) is 2.19. The molecule has 0 unspecified atom stereocenters. The zero-order valence-electron chi connectivity index (χ0n) is 17.1. The van der Waals surface area contributed by atoms with E-state index >= 15 is 0 Å². The molecule has 0 aliphatic heterocycles. The van der Waals surface area contributed by atoms with Gasteiger partial charge in [-0.15, -0.1) is 0 Å². The number of halogens is 4. The number of hydrogen-bond acceptors (Lipinski definition) is 5. The summed E-state index contributed by atoms with van der Waals surface area (Å²) < 4.78 is 59.6. The lowest BCUT2D eigenvalue weighted by Crippen LogP contribution is -2.32. The number of amides is 2. The molecule has 3 rings (SSSR count). The zero-order valence-corrected chi connectivity index (χ0v) is 17.1. The van der Waals surface area contributed by atoms with Crippen molar-refractivity contribution in [3.63, 3.8) is 0 Å². The summed E-state index contributed by atoms with van der Waals surface area (Å²) in [5, 5.41) is 5.11. The first-order valence-corrected chi connectivity index (χ1v) is 9.38. The fourth-order valence-electron chi connectivity index (χ4n) is 2.82. The number of nitrogens with one attached hydrogen (secondary N) is 2. The van der Waals surface area contributed by atoms with Crippen molar-refractivity contribution in [1.82, 2.24) is 9.97 Å². The molecule has 2 amide bonds. The highest BCUT2D eigenvalue weighted by Gasteiger charge is 2.23. The lowest BCUT2D eigenvalue weighted by molar-refractivity contribution is 0.190. The van der Waals surface area contributed by atoms with Gasteiger partial charge in [0, 0.05) is 37.5 Å². The van der Waals surface area contributed by atoms with E-state index in [9.17, 15) is 22.4 Å². The number of urea groups is 1. The van der Waals surface area contributed by atoms with E-state index in [4.69, 9.17) is 4.74 Å². The van der Waals surface area contributed by atoms with Gasteiger partial charge in [0.1, 0.15) is 17.5 Å². The van der Waals surface area contributed by atoms with E-state index in [1.165, 1.54) is 31.5 Å². The Morgan fingerprint density at radius 3 is 2.50 bits per heavy atom. The van der Waals surface area contributed by atoms with Crippen LogP contribution in [-0.2, 0) is 4.74 Å². The molecule has 11 heteroatoms. The van der Waals surface area contributed by atoms with Crippen molar-refractivity contribution in [1.29, 1.82) is 0 Å². The van der Waals surface area contributed by atoms with Crippen LogP contribution in [0.25, 0.3) is 0 Å². The van der Waals surface area contributed by atoms with Crippen LogP contribution in [0.2, 0.25) is 0 Å². The van der Waals surface area contributed by atoms with Gasteiger partial charge >= 0.3 is 6.03 Å². The number of rotatable bonds is 7. The number of anilines is 4. The smallest absolute Gasteiger partial charge is 0.332 e. The summed E-state index contributed by atoms with van der Waals surface area (Å²) in [7, 11) is 1.53. The molecule has 2 N–H and O–H groups in total. The van der Waals surface area contributed by atoms with E-state index in [2.05, 4.69) is 20.6 Å². The van der Waals surface area contributed by atoms with E-state index < -0.39 is 35.0 Å². The maximum absolute atomic E-state index is 14.1. The third kappa shape index (κ3) is 5.49. The standard InChI is InChI=1S/C21H19F4N5O2/c1-12(11-32-2)27-20-26-8-7-18(29-20)30(15-5-3-13(22)4-6-15)21(31)28-17-10-14(23)9-16(24)19(17)25/h3-10,12H,11H2,1-2H3,(H,28,31)(H,26,27,29)/t12-/m0/s1. The predicted molar refractivity (Wildman–Crippen MR) is 111 cm³/mol. The van der Waals surface area contributed by atoms with Crippen molar-refractivity contribution < 1.29 is 27.1 Å². The quantitative estimate of drug-likeness (QED) is 0.398. The Hall–Kier alpha value is -3.73. The number of benzene rings is 2. The van der Waals surface area contributed by atoms with Crippen molar-refractivity contribution in [2.45, 2.75) is 13.0 Å². The van der Waals surface area contributed by atoms with Crippen molar-refractivity contribution in [3.05, 3.63) is 71.9 Å². The number of aromatic nitrogens is 2. The number of carbonyl (C=O) groups is 1. The van der Waals surface area contributed by atoms with Crippen molar-refractivity contribution in [2.24, 2.45) is 0 Å². The van der Waals surface area contributed by atoms with Crippen molar-refractivity contribution >= 4 is 29.2 Å². The van der Waals surface area contributed by atoms with E-state index in [-0.39, 0.29) is 23.5 Å². The number of nitrogens with zero attached hydrogens (tertiary/aromatic N) is 3. The van der Waals surface area contributed by atoms with Gasteiger partial charge in [0.15, 0.2) is 11.6 Å². The summed E-state index contributed by atoms with van der Waals surface area (Å²) in [6.07, 6.45) is 1.37. The topological polar surface area (TPSA) is 79.4 Å². The van der Waals surface area contributed by atoms with Crippen LogP contribution in [0.4, 0.5) is 45.5 Å². The molecule has 0 bridgehead atoms. The highest BCUT2D eigenvalue weighted by molar-refractivity contribution is 6.06. The molecule has 32 heavy (non-hydrogen) atoms. The molecule has 1 heterocycles. The lowest BCUT2D eigenvalue weighted by atomic mass is 10.2. The minimum absolute atomic E-state index is 0.0357. The molecule has 0 saturated carbocycles. The Morgan fingerprint density at radius 2 is 1.81 bits per heavy atom. The van der Waals surface area contributed by atoms with Crippen molar-refractivity contribution in [3.8, 4) is 0 Å². The fraction of sp³-hybridized carbons (Fsp3) is 0.190. The summed E-state index contributed by atoms with van der Waals surface area (Å²) in [5.41, 5.74) is -0.545. The Bertz CT molecular complexity index is 1100. The van der Waals surface area contributed by atoms with Crippen LogP contribution in [0, 0.1) is 23.3 Å². The minimum Gasteiger partial charge on any atom is -0.383 e. The van der Waals surface area contributed by atoms with E-state index in [1.54, 1.807) is 0 Å². The number of ether oxygens (including phenoxy) is 1. The van der Waals surface area contributed by atoms with Crippen LogP contribution in [0.5, 0.6) is 0 Å². The zero-order chi connectivity index (χ0) is 23.3.